The number of piperidine rings is 1. The van der Waals surface area contributed by atoms with Gasteiger partial charge in [0.15, 0.2) is 5.78 Å². The van der Waals surface area contributed by atoms with Crippen molar-refractivity contribution in [2.24, 2.45) is 11.1 Å². The molecule has 0 aromatic heterocycles. The zero-order valence-corrected chi connectivity index (χ0v) is 29.9. The van der Waals surface area contributed by atoms with Gasteiger partial charge in [-0.2, -0.15) is 35.9 Å². The lowest BCUT2D eigenvalue weighted by Gasteiger charge is -2.40. The van der Waals surface area contributed by atoms with Crippen LogP contribution >= 0.6 is 0 Å². The van der Waals surface area contributed by atoms with Crippen LogP contribution in [0.2, 0.25) is 0 Å². The number of nitrogens with zero attached hydrogens (tertiary/aromatic N) is 3. The Balaban J connectivity index is 1.29. The van der Waals surface area contributed by atoms with Crippen molar-refractivity contribution in [3.63, 3.8) is 0 Å². The van der Waals surface area contributed by atoms with E-state index in [0.29, 0.717) is 22.8 Å². The Bertz CT molecular complexity index is 2320. The maximum absolute atomic E-state index is 14.2. The number of rotatable bonds is 10. The van der Waals surface area contributed by atoms with E-state index in [-0.39, 0.29) is 54.1 Å². The number of aliphatic hydroxyl groups is 2. The van der Waals surface area contributed by atoms with E-state index in [9.17, 15) is 59.4 Å². The van der Waals surface area contributed by atoms with Crippen molar-refractivity contribution in [2.75, 3.05) is 13.1 Å². The summed E-state index contributed by atoms with van der Waals surface area (Å²) in [5.41, 5.74) is -2.80. The standard InChI is InChI=1S/C39H32F7N3O6S/c40-31-9-11-32(12-10-31)56(53,54)49-15-13-30(14-16-49)36(51,35(50)19-24-7-8-29(23-47)33(18-24)38(41,42)43)21-25-3-1-4-26(17-25)27-5-2-6-28(20-27)34-22-37(52,55-48-34)39(44,45)46/h1-12,17-18,20,30,51-52H,13-16,19,21-22H2. The second kappa shape index (κ2) is 15.1. The molecule has 0 bridgehead atoms. The maximum Gasteiger partial charge on any atom is 0.458 e. The Morgan fingerprint density at radius 1 is 0.893 bits per heavy atom. The molecule has 2 aliphatic rings. The van der Waals surface area contributed by atoms with Crippen molar-refractivity contribution in [2.45, 2.75) is 60.7 Å². The third kappa shape index (κ3) is 8.19. The fraction of sp³-hybridized carbons (Fsp3) is 0.308. The van der Waals surface area contributed by atoms with E-state index in [0.717, 1.165) is 34.6 Å². The number of ketones is 1. The molecule has 294 valence electrons. The average Bonchev–Trinajstić information content (AvgIpc) is 3.58. The fourth-order valence-electron chi connectivity index (χ4n) is 6.95. The van der Waals surface area contributed by atoms with Gasteiger partial charge < -0.3 is 15.1 Å². The van der Waals surface area contributed by atoms with Gasteiger partial charge in [-0.1, -0.05) is 53.7 Å². The minimum atomic E-state index is -5.10. The van der Waals surface area contributed by atoms with Gasteiger partial charge in [0.2, 0.25) is 10.0 Å². The summed E-state index contributed by atoms with van der Waals surface area (Å²) in [5, 5.41) is 34.9. The molecule has 1 saturated heterocycles. The van der Waals surface area contributed by atoms with Crippen molar-refractivity contribution in [3.05, 3.63) is 125 Å². The first kappa shape index (κ1) is 40.5. The number of carbonyl (C=O) groups is 1. The normalized spacial score (nSPS) is 19.5. The highest BCUT2D eigenvalue weighted by atomic mass is 32.2. The van der Waals surface area contributed by atoms with Gasteiger partial charge >= 0.3 is 18.1 Å². The molecule has 17 heteroatoms. The van der Waals surface area contributed by atoms with Gasteiger partial charge in [-0.3, -0.25) is 4.79 Å². The van der Waals surface area contributed by atoms with Crippen LogP contribution in [0.5, 0.6) is 0 Å². The van der Waals surface area contributed by atoms with E-state index < -0.39 is 75.3 Å². The fourth-order valence-corrected chi connectivity index (χ4v) is 8.42. The number of benzene rings is 4. The molecule has 2 atom stereocenters. The Hall–Kier alpha value is -5.15. The van der Waals surface area contributed by atoms with E-state index in [4.69, 9.17) is 0 Å². The first-order chi connectivity index (χ1) is 26.2. The van der Waals surface area contributed by atoms with E-state index in [1.807, 2.05) is 0 Å². The van der Waals surface area contributed by atoms with Gasteiger partial charge in [-0.15, -0.1) is 0 Å². The Kier molecular flexibility index (Phi) is 10.9. The predicted octanol–water partition coefficient (Wildman–Crippen LogP) is 6.94. The van der Waals surface area contributed by atoms with Crippen molar-refractivity contribution < 1.29 is 59.0 Å². The van der Waals surface area contributed by atoms with Crippen molar-refractivity contribution in [1.29, 1.82) is 5.26 Å². The zero-order valence-electron chi connectivity index (χ0n) is 29.1. The number of sulfonamides is 1. The van der Waals surface area contributed by atoms with Gasteiger partial charge in [-0.05, 0) is 83.5 Å². The van der Waals surface area contributed by atoms with E-state index >= 15 is 0 Å². The van der Waals surface area contributed by atoms with Crippen LogP contribution in [0.1, 0.15) is 47.1 Å². The Labute approximate surface area is 316 Å². The molecule has 56 heavy (non-hydrogen) atoms. The molecule has 6 rings (SSSR count). The van der Waals surface area contributed by atoms with Crippen LogP contribution < -0.4 is 0 Å². The molecular formula is C39H32F7N3O6S. The minimum absolute atomic E-state index is 0.0277. The molecule has 4 aromatic rings. The van der Waals surface area contributed by atoms with Crippen LogP contribution in [0.4, 0.5) is 30.7 Å². The molecule has 2 N–H and O–H groups in total. The molecule has 0 aliphatic carbocycles. The quantitative estimate of drug-likeness (QED) is 0.166. The molecule has 0 radical (unpaired) electrons. The van der Waals surface area contributed by atoms with E-state index in [2.05, 4.69) is 9.99 Å². The number of halogens is 7. The first-order valence-corrected chi connectivity index (χ1v) is 18.5. The summed E-state index contributed by atoms with van der Waals surface area (Å²) in [7, 11) is -4.08. The second-order valence-electron chi connectivity index (χ2n) is 13.7. The number of hydrogen-bond acceptors (Lipinski definition) is 8. The molecule has 2 heterocycles. The molecule has 0 amide bonds. The average molecular weight is 804 g/mol. The molecule has 2 unspecified atom stereocenters. The number of oxime groups is 1. The molecule has 0 saturated carbocycles. The second-order valence-corrected chi connectivity index (χ2v) is 15.6. The highest BCUT2D eigenvalue weighted by Crippen LogP contribution is 2.40. The van der Waals surface area contributed by atoms with Crippen LogP contribution in [0.15, 0.2) is 101 Å². The summed E-state index contributed by atoms with van der Waals surface area (Å²) >= 11 is 0. The Morgan fingerprint density at radius 2 is 1.52 bits per heavy atom. The lowest BCUT2D eigenvalue weighted by Crippen LogP contribution is -2.53. The highest BCUT2D eigenvalue weighted by Gasteiger charge is 2.60. The van der Waals surface area contributed by atoms with Crippen LogP contribution in [-0.4, -0.2) is 65.1 Å². The molecule has 0 spiro atoms. The molecular weight excluding hydrogens is 771 g/mol. The molecule has 2 aliphatic heterocycles. The third-order valence-corrected chi connectivity index (χ3v) is 11.9. The molecule has 9 nitrogen and oxygen atoms in total. The summed E-state index contributed by atoms with van der Waals surface area (Å²) < 4.78 is 123. The van der Waals surface area contributed by atoms with E-state index in [1.54, 1.807) is 36.4 Å². The number of hydrogen-bond donors (Lipinski definition) is 2. The summed E-state index contributed by atoms with van der Waals surface area (Å²) in [6, 6.07) is 21.2. The summed E-state index contributed by atoms with van der Waals surface area (Å²) in [6.07, 6.45) is -12.0. The largest absolute Gasteiger partial charge is 0.458 e. The summed E-state index contributed by atoms with van der Waals surface area (Å²) in [6.45, 7) is -0.280. The first-order valence-electron chi connectivity index (χ1n) is 17.1. The monoisotopic (exact) mass is 803 g/mol. The van der Waals surface area contributed by atoms with Crippen LogP contribution in [-0.2, 0) is 38.7 Å². The minimum Gasteiger partial charge on any atom is -0.381 e. The van der Waals surface area contributed by atoms with Gasteiger partial charge in [0.25, 0.3) is 0 Å². The number of carbonyl (C=O) groups excluding carboxylic acids is 1. The third-order valence-electron chi connectivity index (χ3n) is 10.0. The predicted molar refractivity (Wildman–Crippen MR) is 187 cm³/mol. The lowest BCUT2D eigenvalue weighted by atomic mass is 9.73. The maximum atomic E-state index is 14.2. The van der Waals surface area contributed by atoms with Gasteiger partial charge in [0, 0.05) is 31.5 Å². The summed E-state index contributed by atoms with van der Waals surface area (Å²) in [5.74, 6) is -5.85. The highest BCUT2D eigenvalue weighted by molar-refractivity contribution is 7.89. The SMILES string of the molecule is N#Cc1ccc(CC(=O)C(O)(Cc2cccc(-c3cccc(C4=NOC(O)(C(F)(F)F)C4)c3)c2)C2CCN(S(=O)(=O)c3ccc(F)cc3)CC2)cc1C(F)(F)F. The lowest BCUT2D eigenvalue weighted by molar-refractivity contribution is -0.355. The number of Topliss-reactive ketones (excluding diaryl/α,β-unsaturated/α-hetero) is 1. The number of alkyl halides is 6. The van der Waals surface area contributed by atoms with E-state index in [1.165, 1.54) is 24.3 Å². The Morgan fingerprint density at radius 3 is 2.12 bits per heavy atom. The van der Waals surface area contributed by atoms with Gasteiger partial charge in [-0.25, -0.2) is 12.8 Å². The van der Waals surface area contributed by atoms with Gasteiger partial charge in [0.1, 0.15) is 11.4 Å². The topological polar surface area (TPSA) is 140 Å². The summed E-state index contributed by atoms with van der Waals surface area (Å²) in [4.78, 5) is 18.3. The van der Waals surface area contributed by atoms with Crippen LogP contribution in [0, 0.1) is 23.1 Å². The van der Waals surface area contributed by atoms with Crippen molar-refractivity contribution in [1.82, 2.24) is 4.31 Å². The smallest absolute Gasteiger partial charge is 0.381 e. The van der Waals surface area contributed by atoms with Crippen molar-refractivity contribution in [3.8, 4) is 17.2 Å². The molecule has 4 aromatic carbocycles. The van der Waals surface area contributed by atoms with Crippen LogP contribution in [0.25, 0.3) is 11.1 Å². The van der Waals surface area contributed by atoms with Crippen LogP contribution in [0.3, 0.4) is 0 Å². The van der Waals surface area contributed by atoms with Gasteiger partial charge in [0.05, 0.1) is 34.2 Å². The molecule has 1 fully saturated rings. The zero-order chi connectivity index (χ0) is 40.7. The van der Waals surface area contributed by atoms with Crippen molar-refractivity contribution >= 4 is 21.5 Å². The number of nitriles is 1.